The van der Waals surface area contributed by atoms with Gasteiger partial charge in [-0.1, -0.05) is 6.07 Å². The van der Waals surface area contributed by atoms with Crippen LogP contribution in [0.2, 0.25) is 0 Å². The number of hydrogen-bond donors (Lipinski definition) is 1. The standard InChI is InChI=1S/C12H17N3O4S2/c1-21(18,19)15-5-4-14(7-9(8-15)11(13)16)12(17)10-3-2-6-20-10/h2-3,6,9H,4-5,7-8H2,1H3,(H2,13,16)/t9-/m0/s1. The quantitative estimate of drug-likeness (QED) is 0.812. The van der Waals surface area contributed by atoms with E-state index in [1.54, 1.807) is 17.5 Å². The fourth-order valence-corrected chi connectivity index (χ4v) is 3.76. The maximum Gasteiger partial charge on any atom is 0.263 e. The molecular weight excluding hydrogens is 314 g/mol. The molecule has 2 rings (SSSR count). The van der Waals surface area contributed by atoms with Crippen molar-refractivity contribution in [2.45, 2.75) is 0 Å². The molecule has 1 atom stereocenters. The number of thiophene rings is 1. The summed E-state index contributed by atoms with van der Waals surface area (Å²) in [7, 11) is -3.43. The molecule has 0 unspecified atom stereocenters. The van der Waals surface area contributed by atoms with Gasteiger partial charge in [-0.3, -0.25) is 9.59 Å². The number of rotatable bonds is 3. The van der Waals surface area contributed by atoms with E-state index in [0.717, 1.165) is 6.26 Å². The minimum absolute atomic E-state index is 0.0163. The van der Waals surface area contributed by atoms with Gasteiger partial charge in [0.15, 0.2) is 0 Å². The Bertz CT molecular complexity index is 627. The zero-order chi connectivity index (χ0) is 15.6. The third-order valence-corrected chi connectivity index (χ3v) is 5.50. The van der Waals surface area contributed by atoms with Crippen LogP contribution in [-0.4, -0.2) is 61.9 Å². The van der Waals surface area contributed by atoms with Crippen molar-refractivity contribution < 1.29 is 18.0 Å². The van der Waals surface area contributed by atoms with Gasteiger partial charge in [0, 0.05) is 26.2 Å². The second-order valence-electron chi connectivity index (χ2n) is 4.95. The van der Waals surface area contributed by atoms with Crippen LogP contribution in [0.25, 0.3) is 0 Å². The molecule has 2 N–H and O–H groups in total. The number of nitrogens with two attached hydrogens (primary N) is 1. The summed E-state index contributed by atoms with van der Waals surface area (Å²) in [6, 6.07) is 3.47. The van der Waals surface area contributed by atoms with Gasteiger partial charge in [0.1, 0.15) is 0 Å². The molecule has 1 aliphatic rings. The second-order valence-corrected chi connectivity index (χ2v) is 7.88. The Morgan fingerprint density at radius 1 is 1.33 bits per heavy atom. The smallest absolute Gasteiger partial charge is 0.263 e. The molecule has 1 aromatic heterocycles. The number of carbonyl (C=O) groups is 2. The molecule has 21 heavy (non-hydrogen) atoms. The van der Waals surface area contributed by atoms with Crippen molar-refractivity contribution in [2.24, 2.45) is 11.7 Å². The van der Waals surface area contributed by atoms with Crippen LogP contribution in [0.15, 0.2) is 17.5 Å². The highest BCUT2D eigenvalue weighted by molar-refractivity contribution is 7.88. The predicted molar refractivity (Wildman–Crippen MR) is 79.3 cm³/mol. The second kappa shape index (κ2) is 6.12. The van der Waals surface area contributed by atoms with E-state index < -0.39 is 21.8 Å². The highest BCUT2D eigenvalue weighted by Crippen LogP contribution is 2.17. The van der Waals surface area contributed by atoms with Crippen LogP contribution in [0.5, 0.6) is 0 Å². The zero-order valence-corrected chi connectivity index (χ0v) is 13.2. The molecule has 1 fully saturated rings. The molecule has 1 saturated heterocycles. The van der Waals surface area contributed by atoms with Gasteiger partial charge >= 0.3 is 0 Å². The molecule has 9 heteroatoms. The molecule has 0 aromatic carbocycles. The van der Waals surface area contributed by atoms with Gasteiger partial charge in [-0.05, 0) is 11.4 Å². The van der Waals surface area contributed by atoms with Gasteiger partial charge in [0.05, 0.1) is 17.1 Å². The van der Waals surface area contributed by atoms with Crippen molar-refractivity contribution >= 4 is 33.2 Å². The Morgan fingerprint density at radius 2 is 2.05 bits per heavy atom. The minimum Gasteiger partial charge on any atom is -0.369 e. The van der Waals surface area contributed by atoms with Crippen LogP contribution < -0.4 is 5.73 Å². The van der Waals surface area contributed by atoms with Crippen LogP contribution in [-0.2, 0) is 14.8 Å². The topological polar surface area (TPSA) is 101 Å². The molecule has 116 valence electrons. The van der Waals surface area contributed by atoms with Crippen molar-refractivity contribution in [2.75, 3.05) is 32.4 Å². The van der Waals surface area contributed by atoms with Crippen molar-refractivity contribution in [1.82, 2.24) is 9.21 Å². The summed E-state index contributed by atoms with van der Waals surface area (Å²) < 4.78 is 24.6. The predicted octanol–water partition coefficient (Wildman–Crippen LogP) is -0.433. The van der Waals surface area contributed by atoms with Gasteiger partial charge < -0.3 is 10.6 Å². The van der Waals surface area contributed by atoms with Crippen molar-refractivity contribution in [3.63, 3.8) is 0 Å². The lowest BCUT2D eigenvalue weighted by Gasteiger charge is -2.21. The Balaban J connectivity index is 2.22. The molecule has 1 aromatic rings. The average molecular weight is 331 g/mol. The van der Waals surface area contributed by atoms with Crippen molar-refractivity contribution in [3.8, 4) is 0 Å². The molecule has 0 saturated carbocycles. The fourth-order valence-electron chi connectivity index (χ4n) is 2.21. The maximum absolute atomic E-state index is 12.4. The van der Waals surface area contributed by atoms with Crippen molar-refractivity contribution in [1.29, 1.82) is 0 Å². The molecule has 2 amide bonds. The number of sulfonamides is 1. The van der Waals surface area contributed by atoms with Crippen LogP contribution in [0.1, 0.15) is 9.67 Å². The van der Waals surface area contributed by atoms with E-state index in [4.69, 9.17) is 5.73 Å². The molecule has 7 nitrogen and oxygen atoms in total. The third kappa shape index (κ3) is 3.80. The van der Waals surface area contributed by atoms with E-state index >= 15 is 0 Å². The van der Waals surface area contributed by atoms with Gasteiger partial charge in [0.25, 0.3) is 5.91 Å². The molecule has 0 bridgehead atoms. The van der Waals surface area contributed by atoms with Gasteiger partial charge in [-0.2, -0.15) is 4.31 Å². The van der Waals surface area contributed by atoms with E-state index in [9.17, 15) is 18.0 Å². The summed E-state index contributed by atoms with van der Waals surface area (Å²) in [5, 5.41) is 1.79. The molecule has 1 aliphatic heterocycles. The van der Waals surface area contributed by atoms with Gasteiger partial charge in [-0.15, -0.1) is 11.3 Å². The lowest BCUT2D eigenvalue weighted by molar-refractivity contribution is -0.122. The van der Waals surface area contributed by atoms with Crippen LogP contribution in [0.4, 0.5) is 0 Å². The van der Waals surface area contributed by atoms with Gasteiger partial charge in [0.2, 0.25) is 15.9 Å². The summed E-state index contributed by atoms with van der Waals surface area (Å²) in [6.07, 6.45) is 1.09. The molecular formula is C12H17N3O4S2. The third-order valence-electron chi connectivity index (χ3n) is 3.37. The first-order valence-electron chi connectivity index (χ1n) is 6.36. The summed E-state index contributed by atoms with van der Waals surface area (Å²) in [4.78, 5) is 25.9. The summed E-state index contributed by atoms with van der Waals surface area (Å²) in [6.45, 7) is 0.563. The van der Waals surface area contributed by atoms with E-state index in [-0.39, 0.29) is 32.1 Å². The van der Waals surface area contributed by atoms with Crippen LogP contribution in [0, 0.1) is 5.92 Å². The Morgan fingerprint density at radius 3 is 2.57 bits per heavy atom. The number of primary amides is 1. The molecule has 0 radical (unpaired) electrons. The minimum atomic E-state index is -3.43. The SMILES string of the molecule is CS(=O)(=O)N1CCN(C(=O)c2cccs2)C[C@H](C(N)=O)C1. The normalized spacial score (nSPS) is 21.0. The Hall–Kier alpha value is -1.45. The number of carbonyl (C=O) groups excluding carboxylic acids is 2. The largest absolute Gasteiger partial charge is 0.369 e. The van der Waals surface area contributed by atoms with Gasteiger partial charge in [-0.25, -0.2) is 8.42 Å². The zero-order valence-electron chi connectivity index (χ0n) is 11.6. The van der Waals surface area contributed by atoms with E-state index in [1.165, 1.54) is 20.5 Å². The summed E-state index contributed by atoms with van der Waals surface area (Å²) in [5.41, 5.74) is 5.33. The highest BCUT2D eigenvalue weighted by atomic mass is 32.2. The Kier molecular flexibility index (Phi) is 4.64. The van der Waals surface area contributed by atoms with Crippen LogP contribution >= 0.6 is 11.3 Å². The first kappa shape index (κ1) is 15.9. The number of amides is 2. The molecule has 0 aliphatic carbocycles. The maximum atomic E-state index is 12.4. The van der Waals surface area contributed by atoms with E-state index in [0.29, 0.717) is 4.88 Å². The molecule has 2 heterocycles. The number of hydrogen-bond acceptors (Lipinski definition) is 5. The average Bonchev–Trinajstić information content (AvgIpc) is 2.81. The fraction of sp³-hybridized carbons (Fsp3) is 0.500. The number of nitrogens with zero attached hydrogens (tertiary/aromatic N) is 2. The molecule has 0 spiro atoms. The monoisotopic (exact) mass is 331 g/mol. The van der Waals surface area contributed by atoms with Crippen LogP contribution in [0.3, 0.4) is 0 Å². The van der Waals surface area contributed by atoms with E-state index in [1.807, 2.05) is 0 Å². The summed E-state index contributed by atoms with van der Waals surface area (Å²) in [5.74, 6) is -1.51. The summed E-state index contributed by atoms with van der Waals surface area (Å²) >= 11 is 1.31. The Labute approximate surface area is 127 Å². The van der Waals surface area contributed by atoms with E-state index in [2.05, 4.69) is 0 Å². The first-order valence-corrected chi connectivity index (χ1v) is 9.09. The van der Waals surface area contributed by atoms with Crippen molar-refractivity contribution in [3.05, 3.63) is 22.4 Å². The first-order chi connectivity index (χ1) is 9.79. The highest BCUT2D eigenvalue weighted by Gasteiger charge is 2.32. The lowest BCUT2D eigenvalue weighted by atomic mass is 10.1. The lowest BCUT2D eigenvalue weighted by Crippen LogP contribution is -2.40.